The SMILES string of the molecule is COc1c(O)ccc2c1-c1ccc3c(c1C(=Cc1sccc1C(=O)CC(C)O)O2)C(C)=CC(C)(C)N3. The number of hydrogen-bond donors (Lipinski definition) is 3. The number of phenols is 1. The van der Waals surface area contributed by atoms with Crippen LogP contribution >= 0.6 is 11.3 Å². The normalized spacial score (nSPS) is 17.2. The number of allylic oxidation sites excluding steroid dienone is 1. The number of rotatable bonds is 5. The summed E-state index contributed by atoms with van der Waals surface area (Å²) in [6, 6.07) is 9.13. The minimum absolute atomic E-state index is 0.0340. The van der Waals surface area contributed by atoms with Crippen LogP contribution in [-0.4, -0.2) is 34.7 Å². The molecule has 0 saturated carbocycles. The average molecular weight is 504 g/mol. The second kappa shape index (κ2) is 8.84. The number of benzene rings is 2. The van der Waals surface area contributed by atoms with Gasteiger partial charge in [0, 0.05) is 39.2 Å². The largest absolute Gasteiger partial charge is 0.504 e. The fourth-order valence-electron chi connectivity index (χ4n) is 5.11. The van der Waals surface area contributed by atoms with Crippen LogP contribution in [0, 0.1) is 0 Å². The summed E-state index contributed by atoms with van der Waals surface area (Å²) in [7, 11) is 1.53. The van der Waals surface area contributed by atoms with Crippen molar-refractivity contribution in [1.82, 2.24) is 0 Å². The zero-order valence-electron chi connectivity index (χ0n) is 20.9. The van der Waals surface area contributed by atoms with E-state index >= 15 is 0 Å². The number of methoxy groups -OCH3 is 1. The third kappa shape index (κ3) is 4.08. The molecule has 0 aliphatic carbocycles. The lowest BCUT2D eigenvalue weighted by atomic mass is 9.83. The van der Waals surface area contributed by atoms with E-state index in [0.717, 1.165) is 32.8 Å². The van der Waals surface area contributed by atoms with E-state index in [2.05, 4.69) is 32.2 Å². The molecule has 7 heteroatoms. The molecule has 0 bridgehead atoms. The Morgan fingerprint density at radius 3 is 2.69 bits per heavy atom. The molecule has 0 fully saturated rings. The number of nitrogens with one attached hydrogen (secondary N) is 1. The monoisotopic (exact) mass is 503 g/mol. The van der Waals surface area contributed by atoms with Crippen LogP contribution < -0.4 is 14.8 Å². The topological polar surface area (TPSA) is 88.0 Å². The maximum atomic E-state index is 12.8. The van der Waals surface area contributed by atoms with Gasteiger partial charge in [-0.1, -0.05) is 12.1 Å². The van der Waals surface area contributed by atoms with Gasteiger partial charge in [0.2, 0.25) is 0 Å². The van der Waals surface area contributed by atoms with E-state index < -0.39 is 6.10 Å². The van der Waals surface area contributed by atoms with Crippen LogP contribution in [0.25, 0.3) is 28.5 Å². The first-order chi connectivity index (χ1) is 17.1. The maximum Gasteiger partial charge on any atom is 0.172 e. The molecule has 36 heavy (non-hydrogen) atoms. The first-order valence-corrected chi connectivity index (χ1v) is 12.7. The van der Waals surface area contributed by atoms with E-state index in [1.165, 1.54) is 18.4 Å². The number of Topliss-reactive ketones (excluding diaryl/α,β-unsaturated/α-hetero) is 1. The highest BCUT2D eigenvalue weighted by Gasteiger charge is 2.33. The highest BCUT2D eigenvalue weighted by Crippen LogP contribution is 2.54. The van der Waals surface area contributed by atoms with Crippen molar-refractivity contribution in [2.75, 3.05) is 12.4 Å². The Kier molecular flexibility index (Phi) is 5.93. The molecule has 186 valence electrons. The van der Waals surface area contributed by atoms with Crippen molar-refractivity contribution in [3.63, 3.8) is 0 Å². The molecule has 0 radical (unpaired) electrons. The van der Waals surface area contributed by atoms with Gasteiger partial charge in [-0.05, 0) is 69.0 Å². The highest BCUT2D eigenvalue weighted by molar-refractivity contribution is 7.11. The zero-order valence-corrected chi connectivity index (χ0v) is 21.7. The van der Waals surface area contributed by atoms with Gasteiger partial charge >= 0.3 is 0 Å². The zero-order chi connectivity index (χ0) is 25.8. The Morgan fingerprint density at radius 2 is 1.97 bits per heavy atom. The lowest BCUT2D eigenvalue weighted by molar-refractivity contribution is 0.0901. The first-order valence-electron chi connectivity index (χ1n) is 11.8. The number of aliphatic hydroxyl groups is 1. The van der Waals surface area contributed by atoms with Crippen LogP contribution in [0.4, 0.5) is 5.69 Å². The lowest BCUT2D eigenvalue weighted by Crippen LogP contribution is -2.32. The van der Waals surface area contributed by atoms with Crippen LogP contribution in [0.2, 0.25) is 0 Å². The van der Waals surface area contributed by atoms with Crippen LogP contribution in [-0.2, 0) is 0 Å². The van der Waals surface area contributed by atoms with E-state index in [1.807, 2.05) is 23.6 Å². The molecule has 1 unspecified atom stereocenters. The van der Waals surface area contributed by atoms with Gasteiger partial charge in [-0.2, -0.15) is 0 Å². The van der Waals surface area contributed by atoms with E-state index in [9.17, 15) is 15.0 Å². The van der Waals surface area contributed by atoms with Crippen molar-refractivity contribution in [2.45, 2.75) is 45.8 Å². The van der Waals surface area contributed by atoms with Gasteiger partial charge in [-0.3, -0.25) is 4.79 Å². The smallest absolute Gasteiger partial charge is 0.172 e. The summed E-state index contributed by atoms with van der Waals surface area (Å²) in [6.45, 7) is 7.93. The lowest BCUT2D eigenvalue weighted by Gasteiger charge is -2.35. The number of phenolic OH excluding ortho intramolecular Hbond substituents is 1. The molecule has 1 aromatic heterocycles. The predicted octanol–water partition coefficient (Wildman–Crippen LogP) is 6.58. The maximum absolute atomic E-state index is 12.8. The third-order valence-electron chi connectivity index (χ3n) is 6.41. The van der Waals surface area contributed by atoms with Crippen molar-refractivity contribution in [3.05, 3.63) is 63.4 Å². The number of aliphatic hydroxyl groups excluding tert-OH is 1. The Morgan fingerprint density at radius 1 is 1.19 bits per heavy atom. The molecule has 6 nitrogen and oxygen atoms in total. The molecule has 5 rings (SSSR count). The van der Waals surface area contributed by atoms with E-state index in [4.69, 9.17) is 9.47 Å². The van der Waals surface area contributed by atoms with Crippen molar-refractivity contribution < 1.29 is 24.5 Å². The third-order valence-corrected chi connectivity index (χ3v) is 7.27. The van der Waals surface area contributed by atoms with Gasteiger partial charge < -0.3 is 25.0 Å². The fraction of sp³-hybridized carbons (Fsp3) is 0.276. The Labute approximate surface area is 214 Å². The van der Waals surface area contributed by atoms with Crippen LogP contribution in [0.1, 0.15) is 60.5 Å². The number of carbonyl (C=O) groups excluding carboxylic acids is 1. The second-order valence-electron chi connectivity index (χ2n) is 9.86. The van der Waals surface area contributed by atoms with E-state index in [1.54, 1.807) is 25.1 Å². The second-order valence-corrected chi connectivity index (χ2v) is 10.8. The highest BCUT2D eigenvalue weighted by atomic mass is 32.1. The molecule has 3 aromatic rings. The summed E-state index contributed by atoms with van der Waals surface area (Å²) in [6.07, 6.45) is 3.42. The predicted molar refractivity (Wildman–Crippen MR) is 145 cm³/mol. The summed E-state index contributed by atoms with van der Waals surface area (Å²) >= 11 is 1.45. The fourth-order valence-corrected chi connectivity index (χ4v) is 5.94. The number of hydrogen-bond acceptors (Lipinski definition) is 7. The number of aromatic hydroxyl groups is 1. The van der Waals surface area contributed by atoms with Gasteiger partial charge in [0.15, 0.2) is 17.3 Å². The molecule has 0 spiro atoms. The Bertz CT molecular complexity index is 1440. The molecule has 2 aliphatic heterocycles. The molecule has 3 heterocycles. The van der Waals surface area contributed by atoms with Crippen molar-refractivity contribution in [1.29, 1.82) is 0 Å². The molecule has 0 saturated heterocycles. The number of carbonyl (C=O) groups is 1. The molecular weight excluding hydrogens is 474 g/mol. The molecule has 1 atom stereocenters. The molecular formula is C29H29NO5S. The summed E-state index contributed by atoms with van der Waals surface area (Å²) in [5.74, 6) is 1.43. The number of anilines is 1. The Hall–Kier alpha value is -3.55. The van der Waals surface area contributed by atoms with Gasteiger partial charge in [0.25, 0.3) is 0 Å². The van der Waals surface area contributed by atoms with Crippen molar-refractivity contribution in [2.24, 2.45) is 0 Å². The van der Waals surface area contributed by atoms with Gasteiger partial charge in [0.1, 0.15) is 11.5 Å². The average Bonchev–Trinajstić information content (AvgIpc) is 3.26. The quantitative estimate of drug-likeness (QED) is 0.341. The van der Waals surface area contributed by atoms with E-state index in [0.29, 0.717) is 28.4 Å². The molecule has 2 aliphatic rings. The van der Waals surface area contributed by atoms with Crippen LogP contribution in [0.5, 0.6) is 17.2 Å². The summed E-state index contributed by atoms with van der Waals surface area (Å²) < 4.78 is 12.1. The number of thiophene rings is 1. The Balaban J connectivity index is 1.77. The summed E-state index contributed by atoms with van der Waals surface area (Å²) in [5, 5.41) is 25.7. The van der Waals surface area contributed by atoms with Crippen molar-refractivity contribution in [3.8, 4) is 28.4 Å². The van der Waals surface area contributed by atoms with Crippen LogP contribution in [0.3, 0.4) is 0 Å². The van der Waals surface area contributed by atoms with Gasteiger partial charge in [-0.15, -0.1) is 11.3 Å². The number of ketones is 1. The van der Waals surface area contributed by atoms with E-state index in [-0.39, 0.29) is 23.5 Å². The minimum Gasteiger partial charge on any atom is -0.504 e. The number of ether oxygens (including phenoxy) is 2. The molecule has 3 N–H and O–H groups in total. The number of fused-ring (bicyclic) bond motifs is 5. The summed E-state index contributed by atoms with van der Waals surface area (Å²) in [4.78, 5) is 13.6. The van der Waals surface area contributed by atoms with Crippen molar-refractivity contribution >= 4 is 40.2 Å². The molecule has 2 aromatic carbocycles. The van der Waals surface area contributed by atoms with Crippen LogP contribution in [0.15, 0.2) is 41.8 Å². The van der Waals surface area contributed by atoms with Gasteiger partial charge in [0.05, 0.1) is 24.3 Å². The van der Waals surface area contributed by atoms with Gasteiger partial charge in [-0.25, -0.2) is 0 Å². The minimum atomic E-state index is -0.717. The summed E-state index contributed by atoms with van der Waals surface area (Å²) in [5.41, 5.74) is 5.84. The standard InChI is InChI=1S/C29H29NO5S/c1-15-14-29(3,4)30-19-7-6-18-26(25(15)19)23(35-22-9-8-20(32)28(34-5)27(18)22)13-24-17(10-11-36-24)21(33)12-16(2)31/h6-11,13-14,16,30-32H,12H2,1-5H3. The molecule has 0 amide bonds. The first kappa shape index (κ1) is 24.2.